The quantitative estimate of drug-likeness (QED) is 0.418. The van der Waals surface area contributed by atoms with E-state index in [4.69, 9.17) is 5.84 Å². The van der Waals surface area contributed by atoms with E-state index in [1.165, 1.54) is 0 Å². The number of hydrogen-bond acceptors (Lipinski definition) is 2. The fraction of sp³-hybridized carbons (Fsp3) is 0.625. The van der Waals surface area contributed by atoms with E-state index in [-0.39, 0.29) is 11.8 Å². The standard InChI is InChI=1S/C8H13FN2/c1-5-3-4-7(11-10)8(9)6(5)2/h3-6,8H,10H2,1-2H3/b11-7+. The summed E-state index contributed by atoms with van der Waals surface area (Å²) in [5, 5.41) is 3.37. The van der Waals surface area contributed by atoms with E-state index in [0.717, 1.165) is 0 Å². The Morgan fingerprint density at radius 2 is 2.18 bits per heavy atom. The molecule has 11 heavy (non-hydrogen) atoms. The predicted molar refractivity (Wildman–Crippen MR) is 44.0 cm³/mol. The molecule has 3 heteroatoms. The van der Waals surface area contributed by atoms with Crippen molar-refractivity contribution in [1.82, 2.24) is 0 Å². The Kier molecular flexibility index (Phi) is 2.27. The summed E-state index contributed by atoms with van der Waals surface area (Å²) in [4.78, 5) is 0. The minimum atomic E-state index is -1.00. The molecule has 3 unspecified atom stereocenters. The minimum Gasteiger partial charge on any atom is -0.323 e. The van der Waals surface area contributed by atoms with Crippen LogP contribution >= 0.6 is 0 Å². The number of halogens is 1. The number of hydrazone groups is 1. The van der Waals surface area contributed by atoms with Crippen LogP contribution < -0.4 is 5.84 Å². The van der Waals surface area contributed by atoms with Crippen LogP contribution in [0.3, 0.4) is 0 Å². The Hall–Kier alpha value is -0.860. The Morgan fingerprint density at radius 3 is 2.73 bits per heavy atom. The molecule has 2 N–H and O–H groups in total. The molecule has 0 aromatic heterocycles. The van der Waals surface area contributed by atoms with Gasteiger partial charge in [-0.1, -0.05) is 19.9 Å². The Labute approximate surface area is 66.0 Å². The molecule has 0 bridgehead atoms. The third-order valence-electron chi connectivity index (χ3n) is 2.29. The molecule has 0 saturated carbocycles. The lowest BCUT2D eigenvalue weighted by molar-refractivity contribution is 0.270. The topological polar surface area (TPSA) is 38.4 Å². The van der Waals surface area contributed by atoms with Crippen molar-refractivity contribution < 1.29 is 4.39 Å². The predicted octanol–water partition coefficient (Wildman–Crippen LogP) is 1.48. The molecule has 0 amide bonds. The second kappa shape index (κ2) is 3.03. The highest BCUT2D eigenvalue weighted by atomic mass is 19.1. The van der Waals surface area contributed by atoms with Gasteiger partial charge < -0.3 is 5.84 Å². The van der Waals surface area contributed by atoms with E-state index in [9.17, 15) is 4.39 Å². The maximum atomic E-state index is 13.2. The zero-order valence-corrected chi connectivity index (χ0v) is 6.79. The van der Waals surface area contributed by atoms with E-state index in [0.29, 0.717) is 5.71 Å². The summed E-state index contributed by atoms with van der Waals surface area (Å²) in [7, 11) is 0. The molecule has 0 saturated heterocycles. The van der Waals surface area contributed by atoms with Gasteiger partial charge in [-0.15, -0.1) is 0 Å². The van der Waals surface area contributed by atoms with Crippen molar-refractivity contribution in [3.63, 3.8) is 0 Å². The van der Waals surface area contributed by atoms with E-state index in [2.05, 4.69) is 5.10 Å². The molecule has 0 aromatic carbocycles. The van der Waals surface area contributed by atoms with E-state index in [1.807, 2.05) is 19.9 Å². The largest absolute Gasteiger partial charge is 0.323 e. The smallest absolute Gasteiger partial charge is 0.147 e. The highest BCUT2D eigenvalue weighted by Crippen LogP contribution is 2.24. The van der Waals surface area contributed by atoms with Crippen molar-refractivity contribution in [1.29, 1.82) is 0 Å². The van der Waals surface area contributed by atoms with Crippen LogP contribution in [0.25, 0.3) is 0 Å². The first-order valence-corrected chi connectivity index (χ1v) is 3.77. The molecule has 0 heterocycles. The summed E-state index contributed by atoms with van der Waals surface area (Å²) in [6, 6.07) is 0. The molecule has 3 atom stereocenters. The van der Waals surface area contributed by atoms with Crippen LogP contribution in [0, 0.1) is 11.8 Å². The van der Waals surface area contributed by atoms with Gasteiger partial charge in [0, 0.05) is 0 Å². The number of allylic oxidation sites excluding steroid dienone is 2. The third kappa shape index (κ3) is 1.42. The number of nitrogens with zero attached hydrogens (tertiary/aromatic N) is 1. The molecular formula is C8H13FN2. The molecule has 1 rings (SSSR count). The van der Waals surface area contributed by atoms with Crippen molar-refractivity contribution >= 4 is 5.71 Å². The molecule has 62 valence electrons. The van der Waals surface area contributed by atoms with Crippen molar-refractivity contribution in [3.8, 4) is 0 Å². The Bertz CT molecular complexity index is 198. The van der Waals surface area contributed by atoms with Gasteiger partial charge in [-0.3, -0.25) is 0 Å². The SMILES string of the molecule is CC1C=C/C(=N\N)C(F)C1C. The first kappa shape index (κ1) is 8.24. The summed E-state index contributed by atoms with van der Waals surface area (Å²) < 4.78 is 13.2. The third-order valence-corrected chi connectivity index (χ3v) is 2.29. The molecule has 0 spiro atoms. The van der Waals surface area contributed by atoms with Crippen LogP contribution in [0.2, 0.25) is 0 Å². The molecule has 0 aromatic rings. The van der Waals surface area contributed by atoms with Crippen LogP contribution in [0.4, 0.5) is 4.39 Å². The van der Waals surface area contributed by atoms with Crippen molar-refractivity contribution in [2.75, 3.05) is 0 Å². The Morgan fingerprint density at radius 1 is 1.55 bits per heavy atom. The van der Waals surface area contributed by atoms with Gasteiger partial charge in [0.05, 0.1) is 5.71 Å². The fourth-order valence-corrected chi connectivity index (χ4v) is 1.17. The number of hydrogen-bond donors (Lipinski definition) is 1. The summed E-state index contributed by atoms with van der Waals surface area (Å²) in [5.41, 5.74) is 0.357. The molecule has 0 aliphatic heterocycles. The Balaban J connectivity index is 2.85. The monoisotopic (exact) mass is 156 g/mol. The van der Waals surface area contributed by atoms with Crippen LogP contribution in [0.15, 0.2) is 17.3 Å². The normalized spacial score (nSPS) is 41.4. The van der Waals surface area contributed by atoms with E-state index < -0.39 is 6.17 Å². The van der Waals surface area contributed by atoms with Crippen molar-refractivity contribution in [2.45, 2.75) is 20.0 Å². The fourth-order valence-electron chi connectivity index (χ4n) is 1.17. The minimum absolute atomic E-state index is 0.0118. The number of nitrogens with two attached hydrogens (primary N) is 1. The van der Waals surface area contributed by atoms with E-state index in [1.54, 1.807) is 6.08 Å². The lowest BCUT2D eigenvalue weighted by Crippen LogP contribution is -2.30. The van der Waals surface area contributed by atoms with Crippen LogP contribution in [0.5, 0.6) is 0 Å². The summed E-state index contributed by atoms with van der Waals surface area (Å²) >= 11 is 0. The zero-order chi connectivity index (χ0) is 8.43. The lowest BCUT2D eigenvalue weighted by Gasteiger charge is -2.24. The summed E-state index contributed by atoms with van der Waals surface area (Å²) in [6.07, 6.45) is 2.60. The van der Waals surface area contributed by atoms with Gasteiger partial charge in [0.25, 0.3) is 0 Å². The molecule has 2 nitrogen and oxygen atoms in total. The first-order valence-electron chi connectivity index (χ1n) is 3.77. The maximum absolute atomic E-state index is 13.2. The molecular weight excluding hydrogens is 143 g/mol. The van der Waals surface area contributed by atoms with Crippen LogP contribution in [-0.2, 0) is 0 Å². The highest BCUT2D eigenvalue weighted by Gasteiger charge is 2.27. The summed E-state index contributed by atoms with van der Waals surface area (Å²) in [5.74, 6) is 5.26. The van der Waals surface area contributed by atoms with Crippen molar-refractivity contribution in [3.05, 3.63) is 12.2 Å². The van der Waals surface area contributed by atoms with Crippen LogP contribution in [0.1, 0.15) is 13.8 Å². The second-order valence-corrected chi connectivity index (χ2v) is 3.03. The molecule has 1 aliphatic rings. The van der Waals surface area contributed by atoms with Gasteiger partial charge in [-0.05, 0) is 17.9 Å². The molecule has 0 fully saturated rings. The zero-order valence-electron chi connectivity index (χ0n) is 6.79. The van der Waals surface area contributed by atoms with Gasteiger partial charge in [-0.2, -0.15) is 5.10 Å². The van der Waals surface area contributed by atoms with Gasteiger partial charge in [0.1, 0.15) is 6.17 Å². The first-order chi connectivity index (χ1) is 5.16. The highest BCUT2D eigenvalue weighted by molar-refractivity contribution is 5.99. The van der Waals surface area contributed by atoms with E-state index >= 15 is 0 Å². The lowest BCUT2D eigenvalue weighted by atomic mass is 9.84. The van der Waals surface area contributed by atoms with Gasteiger partial charge in [0.15, 0.2) is 0 Å². The maximum Gasteiger partial charge on any atom is 0.147 e. The molecule has 1 aliphatic carbocycles. The average Bonchev–Trinajstić information content (AvgIpc) is 2.01. The van der Waals surface area contributed by atoms with Gasteiger partial charge in [-0.25, -0.2) is 4.39 Å². The van der Waals surface area contributed by atoms with Crippen LogP contribution in [-0.4, -0.2) is 11.9 Å². The number of alkyl halides is 1. The summed E-state index contributed by atoms with van der Waals surface area (Å²) in [6.45, 7) is 3.85. The average molecular weight is 156 g/mol. The second-order valence-electron chi connectivity index (χ2n) is 3.03. The number of rotatable bonds is 0. The van der Waals surface area contributed by atoms with Gasteiger partial charge in [0.2, 0.25) is 0 Å². The van der Waals surface area contributed by atoms with Crippen molar-refractivity contribution in [2.24, 2.45) is 22.8 Å². The van der Waals surface area contributed by atoms with Gasteiger partial charge >= 0.3 is 0 Å². The molecule has 0 radical (unpaired) electrons.